The molecule has 0 amide bonds. The molecule has 3 rings (SSSR count). The Hall–Kier alpha value is -4.08. The summed E-state index contributed by atoms with van der Waals surface area (Å²) in [6, 6.07) is 11.7. The van der Waals surface area contributed by atoms with E-state index in [0.717, 1.165) is 11.3 Å². The summed E-state index contributed by atoms with van der Waals surface area (Å²) >= 11 is 0. The first kappa shape index (κ1) is 19.7. The molecule has 10 nitrogen and oxygen atoms in total. The van der Waals surface area contributed by atoms with E-state index in [4.69, 9.17) is 10.5 Å². The molecule has 0 aliphatic rings. The van der Waals surface area contributed by atoms with Crippen molar-refractivity contribution in [3.05, 3.63) is 75.1 Å². The number of nitro benzene ring substituents is 1. The first-order valence-corrected chi connectivity index (χ1v) is 8.58. The van der Waals surface area contributed by atoms with Crippen LogP contribution in [0.4, 0.5) is 23.3 Å². The predicted octanol–water partition coefficient (Wildman–Crippen LogP) is 3.08. The Morgan fingerprint density at radius 2 is 1.90 bits per heavy atom. The van der Waals surface area contributed by atoms with Gasteiger partial charge in [-0.05, 0) is 31.5 Å². The number of ether oxygens (including phenoxy) is 1. The molecule has 2 aromatic carbocycles. The van der Waals surface area contributed by atoms with Crippen LogP contribution in [0, 0.1) is 24.0 Å². The molecule has 29 heavy (non-hydrogen) atoms. The fourth-order valence-corrected chi connectivity index (χ4v) is 2.54. The van der Waals surface area contributed by atoms with E-state index in [1.54, 1.807) is 6.92 Å². The Bertz CT molecular complexity index is 1090. The molecule has 1 aromatic heterocycles. The second-order valence-electron chi connectivity index (χ2n) is 6.21. The number of aromatic nitrogens is 3. The smallest absolute Gasteiger partial charge is 0.338 e. The van der Waals surface area contributed by atoms with Crippen molar-refractivity contribution in [3.8, 4) is 0 Å². The third-order valence-electron chi connectivity index (χ3n) is 4.06. The lowest BCUT2D eigenvalue weighted by Crippen LogP contribution is -2.11. The number of anilines is 3. The zero-order chi connectivity index (χ0) is 21.0. The normalized spacial score (nSPS) is 10.4. The molecule has 0 spiro atoms. The van der Waals surface area contributed by atoms with Gasteiger partial charge in [-0.25, -0.2) is 4.79 Å². The first-order valence-electron chi connectivity index (χ1n) is 8.58. The quantitative estimate of drug-likeness (QED) is 0.366. The fraction of sp³-hybridized carbons (Fsp3) is 0.158. The standard InChI is InChI=1S/C19H18N6O4/c1-11-5-3-4-6-14(11)21-19-23-16(22-18(20)24-19)10-29-17(26)13-8-7-12(2)15(9-13)25(27)28/h3-9H,10H2,1-2H3,(H3,20,21,22,23,24). The van der Waals surface area contributed by atoms with E-state index in [-0.39, 0.29) is 35.6 Å². The average Bonchev–Trinajstić information content (AvgIpc) is 2.67. The lowest BCUT2D eigenvalue weighted by Gasteiger charge is -2.10. The second kappa shape index (κ2) is 8.30. The Morgan fingerprint density at radius 1 is 1.14 bits per heavy atom. The average molecular weight is 394 g/mol. The number of carbonyl (C=O) groups is 1. The van der Waals surface area contributed by atoms with Crippen LogP contribution in [0.2, 0.25) is 0 Å². The second-order valence-corrected chi connectivity index (χ2v) is 6.21. The van der Waals surface area contributed by atoms with Crippen molar-refractivity contribution in [3.63, 3.8) is 0 Å². The Morgan fingerprint density at radius 3 is 2.62 bits per heavy atom. The summed E-state index contributed by atoms with van der Waals surface area (Å²) in [5, 5.41) is 14.1. The van der Waals surface area contributed by atoms with Crippen LogP contribution in [0.5, 0.6) is 0 Å². The van der Waals surface area contributed by atoms with Crippen LogP contribution >= 0.6 is 0 Å². The van der Waals surface area contributed by atoms with Gasteiger partial charge in [-0.2, -0.15) is 15.0 Å². The molecule has 3 aromatic rings. The fourth-order valence-electron chi connectivity index (χ4n) is 2.54. The van der Waals surface area contributed by atoms with Gasteiger partial charge in [-0.1, -0.05) is 24.3 Å². The number of nitrogens with one attached hydrogen (secondary N) is 1. The summed E-state index contributed by atoms with van der Waals surface area (Å²) < 4.78 is 5.18. The van der Waals surface area contributed by atoms with Gasteiger partial charge in [0.05, 0.1) is 10.5 Å². The molecule has 0 aliphatic heterocycles. The summed E-state index contributed by atoms with van der Waals surface area (Å²) in [6.07, 6.45) is 0. The lowest BCUT2D eigenvalue weighted by molar-refractivity contribution is -0.385. The minimum atomic E-state index is -0.736. The molecule has 148 valence electrons. The number of nitrogens with zero attached hydrogens (tertiary/aromatic N) is 4. The number of benzene rings is 2. The van der Waals surface area contributed by atoms with Gasteiger partial charge in [-0.15, -0.1) is 0 Å². The number of esters is 1. The van der Waals surface area contributed by atoms with Crippen molar-refractivity contribution in [2.45, 2.75) is 20.5 Å². The molecule has 0 saturated heterocycles. The molecule has 10 heteroatoms. The van der Waals surface area contributed by atoms with Gasteiger partial charge < -0.3 is 15.8 Å². The van der Waals surface area contributed by atoms with Gasteiger partial charge in [0.15, 0.2) is 12.4 Å². The van der Waals surface area contributed by atoms with Gasteiger partial charge in [-0.3, -0.25) is 10.1 Å². The van der Waals surface area contributed by atoms with Crippen molar-refractivity contribution in [1.29, 1.82) is 0 Å². The van der Waals surface area contributed by atoms with E-state index < -0.39 is 10.9 Å². The van der Waals surface area contributed by atoms with Crippen LogP contribution in [0.15, 0.2) is 42.5 Å². The van der Waals surface area contributed by atoms with Gasteiger partial charge in [0.2, 0.25) is 11.9 Å². The molecule has 3 N–H and O–H groups in total. The van der Waals surface area contributed by atoms with Gasteiger partial charge in [0, 0.05) is 17.3 Å². The number of rotatable bonds is 6. The molecular weight excluding hydrogens is 376 g/mol. The number of carbonyl (C=O) groups excluding carboxylic acids is 1. The SMILES string of the molecule is Cc1ccccc1Nc1nc(N)nc(COC(=O)c2ccc(C)c([N+](=O)[O-])c2)n1. The largest absolute Gasteiger partial charge is 0.454 e. The molecule has 0 aliphatic carbocycles. The molecule has 0 saturated carbocycles. The maximum atomic E-state index is 12.2. The van der Waals surface area contributed by atoms with Crippen LogP contribution < -0.4 is 11.1 Å². The highest BCUT2D eigenvalue weighted by molar-refractivity contribution is 5.90. The number of aryl methyl sites for hydroxylation is 2. The highest BCUT2D eigenvalue weighted by atomic mass is 16.6. The molecular formula is C19H18N6O4. The molecule has 1 heterocycles. The predicted molar refractivity (Wildman–Crippen MR) is 106 cm³/mol. The summed E-state index contributed by atoms with van der Waals surface area (Å²) in [5.41, 5.74) is 7.85. The molecule has 0 unspecified atom stereocenters. The van der Waals surface area contributed by atoms with Gasteiger partial charge in [0.1, 0.15) is 0 Å². The maximum absolute atomic E-state index is 12.2. The van der Waals surface area contributed by atoms with E-state index >= 15 is 0 Å². The van der Waals surface area contributed by atoms with E-state index in [9.17, 15) is 14.9 Å². The van der Waals surface area contributed by atoms with Crippen molar-refractivity contribution in [2.75, 3.05) is 11.1 Å². The minimum absolute atomic E-state index is 0.0342. The van der Waals surface area contributed by atoms with Crippen LogP contribution in [-0.2, 0) is 11.3 Å². The van der Waals surface area contributed by atoms with E-state index in [1.807, 2.05) is 31.2 Å². The van der Waals surface area contributed by atoms with E-state index in [2.05, 4.69) is 20.3 Å². The Labute approximate surface area is 165 Å². The molecule has 0 bridgehead atoms. The molecule has 0 radical (unpaired) electrons. The van der Waals surface area contributed by atoms with Crippen molar-refractivity contribution >= 4 is 29.2 Å². The maximum Gasteiger partial charge on any atom is 0.338 e. The van der Waals surface area contributed by atoms with Crippen LogP contribution in [-0.4, -0.2) is 25.8 Å². The van der Waals surface area contributed by atoms with Crippen molar-refractivity contribution < 1.29 is 14.5 Å². The Balaban J connectivity index is 1.73. The summed E-state index contributed by atoms with van der Waals surface area (Å²) in [7, 11) is 0. The van der Waals surface area contributed by atoms with Crippen LogP contribution in [0.25, 0.3) is 0 Å². The highest BCUT2D eigenvalue weighted by Crippen LogP contribution is 2.20. The summed E-state index contributed by atoms with van der Waals surface area (Å²) in [5.74, 6) is -0.416. The van der Waals surface area contributed by atoms with Crippen LogP contribution in [0.1, 0.15) is 27.3 Å². The number of nitrogens with two attached hydrogens (primary N) is 1. The lowest BCUT2D eigenvalue weighted by atomic mass is 10.1. The first-order chi connectivity index (χ1) is 13.8. The summed E-state index contributed by atoms with van der Waals surface area (Å²) in [6.45, 7) is 3.25. The number of para-hydroxylation sites is 1. The summed E-state index contributed by atoms with van der Waals surface area (Å²) in [4.78, 5) is 34.9. The topological polar surface area (TPSA) is 146 Å². The number of nitrogen functional groups attached to an aromatic ring is 1. The van der Waals surface area contributed by atoms with Crippen molar-refractivity contribution in [1.82, 2.24) is 15.0 Å². The third-order valence-corrected chi connectivity index (χ3v) is 4.06. The zero-order valence-corrected chi connectivity index (χ0v) is 15.7. The zero-order valence-electron chi connectivity index (χ0n) is 15.7. The number of hydrogen-bond donors (Lipinski definition) is 2. The van der Waals surface area contributed by atoms with E-state index in [1.165, 1.54) is 18.2 Å². The molecule has 0 fully saturated rings. The monoisotopic (exact) mass is 394 g/mol. The molecule has 0 atom stereocenters. The number of hydrogen-bond acceptors (Lipinski definition) is 9. The Kier molecular flexibility index (Phi) is 5.63. The van der Waals surface area contributed by atoms with Gasteiger partial charge >= 0.3 is 5.97 Å². The highest BCUT2D eigenvalue weighted by Gasteiger charge is 2.17. The third kappa shape index (κ3) is 4.80. The van der Waals surface area contributed by atoms with Gasteiger partial charge in [0.25, 0.3) is 5.69 Å². The van der Waals surface area contributed by atoms with E-state index in [0.29, 0.717) is 5.56 Å². The van der Waals surface area contributed by atoms with Crippen molar-refractivity contribution in [2.24, 2.45) is 0 Å². The minimum Gasteiger partial charge on any atom is -0.454 e. The van der Waals surface area contributed by atoms with Crippen LogP contribution in [0.3, 0.4) is 0 Å². The number of nitro groups is 1.